The number of amides is 1. The van der Waals surface area contributed by atoms with Crippen molar-refractivity contribution >= 4 is 17.5 Å². The predicted molar refractivity (Wildman–Crippen MR) is 104 cm³/mol. The third-order valence-electron chi connectivity index (χ3n) is 4.95. The smallest absolute Gasteiger partial charge is 0.247 e. The molecule has 1 aliphatic rings. The van der Waals surface area contributed by atoms with Crippen molar-refractivity contribution in [1.82, 2.24) is 20.5 Å². The van der Waals surface area contributed by atoms with E-state index in [1.165, 1.54) is 19.3 Å². The van der Waals surface area contributed by atoms with E-state index >= 15 is 0 Å². The molecule has 1 amide bonds. The number of anilines is 2. The minimum atomic E-state index is -0.212. The van der Waals surface area contributed by atoms with E-state index in [1.54, 1.807) is 13.3 Å². The molecule has 7 heteroatoms. The summed E-state index contributed by atoms with van der Waals surface area (Å²) >= 11 is 0. The van der Waals surface area contributed by atoms with Crippen molar-refractivity contribution in [2.24, 2.45) is 5.92 Å². The zero-order valence-corrected chi connectivity index (χ0v) is 15.9. The summed E-state index contributed by atoms with van der Waals surface area (Å²) in [7, 11) is 1.63. The summed E-state index contributed by atoms with van der Waals surface area (Å²) < 4.78 is 5.14. The van der Waals surface area contributed by atoms with Gasteiger partial charge in [0.1, 0.15) is 11.4 Å². The van der Waals surface area contributed by atoms with E-state index in [-0.39, 0.29) is 11.9 Å². The Bertz CT molecular complexity index is 727. The summed E-state index contributed by atoms with van der Waals surface area (Å²) in [6, 6.07) is 7.26. The van der Waals surface area contributed by atoms with Crippen LogP contribution in [0.4, 0.5) is 11.6 Å². The van der Waals surface area contributed by atoms with Crippen LogP contribution in [0.2, 0.25) is 0 Å². The van der Waals surface area contributed by atoms with Gasteiger partial charge in [-0.05, 0) is 49.9 Å². The molecule has 0 saturated heterocycles. The van der Waals surface area contributed by atoms with Gasteiger partial charge in [-0.2, -0.15) is 0 Å². The number of aromatic nitrogens is 3. The van der Waals surface area contributed by atoms with Gasteiger partial charge in [0.2, 0.25) is 11.9 Å². The van der Waals surface area contributed by atoms with Crippen molar-refractivity contribution in [3.8, 4) is 5.75 Å². The number of hydrogen-bond acceptors (Lipinski definition) is 6. The molecular formula is C20H27N5O2. The van der Waals surface area contributed by atoms with Gasteiger partial charge < -0.3 is 15.4 Å². The number of methoxy groups -OCH3 is 1. The van der Waals surface area contributed by atoms with Gasteiger partial charge in [0.05, 0.1) is 19.3 Å². The standard InChI is InChI=1S/C20H27N5O2/c1-14(22-19(26)12-15-6-4-3-5-7-15)18-13-21-20(25-24-18)23-16-8-10-17(27-2)11-9-16/h8-11,13-15H,3-7,12H2,1-2H3,(H,22,26)(H,21,23,25). The number of hydrogen-bond donors (Lipinski definition) is 2. The molecule has 0 radical (unpaired) electrons. The van der Waals surface area contributed by atoms with Gasteiger partial charge in [0, 0.05) is 12.1 Å². The first-order valence-electron chi connectivity index (χ1n) is 9.54. The molecule has 27 heavy (non-hydrogen) atoms. The van der Waals surface area contributed by atoms with Gasteiger partial charge >= 0.3 is 0 Å². The molecule has 1 saturated carbocycles. The highest BCUT2D eigenvalue weighted by Gasteiger charge is 2.19. The van der Waals surface area contributed by atoms with E-state index in [0.717, 1.165) is 24.3 Å². The molecule has 7 nitrogen and oxygen atoms in total. The lowest BCUT2D eigenvalue weighted by atomic mass is 9.87. The summed E-state index contributed by atoms with van der Waals surface area (Å²) in [5.41, 5.74) is 1.49. The first-order valence-corrected chi connectivity index (χ1v) is 9.54. The Balaban J connectivity index is 1.51. The Morgan fingerprint density at radius 3 is 2.56 bits per heavy atom. The zero-order chi connectivity index (χ0) is 19.1. The average molecular weight is 369 g/mol. The van der Waals surface area contributed by atoms with Crippen LogP contribution in [0.15, 0.2) is 30.5 Å². The molecule has 0 aliphatic heterocycles. The first kappa shape index (κ1) is 19.1. The lowest BCUT2D eigenvalue weighted by Gasteiger charge is -2.22. The number of carbonyl (C=O) groups is 1. The Hall–Kier alpha value is -2.70. The highest BCUT2D eigenvalue weighted by molar-refractivity contribution is 5.76. The van der Waals surface area contributed by atoms with Crippen LogP contribution < -0.4 is 15.4 Å². The van der Waals surface area contributed by atoms with Crippen molar-refractivity contribution in [3.05, 3.63) is 36.2 Å². The molecule has 1 aliphatic carbocycles. The maximum Gasteiger partial charge on any atom is 0.247 e. The Kier molecular flexibility index (Phi) is 6.57. The molecule has 1 atom stereocenters. The number of rotatable bonds is 7. The molecule has 144 valence electrons. The molecule has 1 aromatic heterocycles. The second-order valence-corrected chi connectivity index (χ2v) is 7.06. The molecule has 1 heterocycles. The van der Waals surface area contributed by atoms with Gasteiger partial charge in [-0.15, -0.1) is 10.2 Å². The minimum Gasteiger partial charge on any atom is -0.497 e. The Morgan fingerprint density at radius 2 is 1.93 bits per heavy atom. The van der Waals surface area contributed by atoms with Crippen LogP contribution in [0.1, 0.15) is 57.2 Å². The van der Waals surface area contributed by atoms with Crippen molar-refractivity contribution in [2.75, 3.05) is 12.4 Å². The molecule has 0 spiro atoms. The Morgan fingerprint density at radius 1 is 1.19 bits per heavy atom. The number of benzene rings is 1. The van der Waals surface area contributed by atoms with Crippen LogP contribution in [0.25, 0.3) is 0 Å². The number of nitrogens with one attached hydrogen (secondary N) is 2. The van der Waals surface area contributed by atoms with Gasteiger partial charge in [-0.3, -0.25) is 4.79 Å². The van der Waals surface area contributed by atoms with E-state index in [0.29, 0.717) is 24.0 Å². The first-order chi connectivity index (χ1) is 13.1. The average Bonchev–Trinajstić information content (AvgIpc) is 2.70. The van der Waals surface area contributed by atoms with Crippen molar-refractivity contribution < 1.29 is 9.53 Å². The highest BCUT2D eigenvalue weighted by atomic mass is 16.5. The summed E-state index contributed by atoms with van der Waals surface area (Å²) in [5, 5.41) is 14.4. The second-order valence-electron chi connectivity index (χ2n) is 7.06. The normalized spacial score (nSPS) is 15.8. The molecule has 0 bridgehead atoms. The predicted octanol–water partition coefficient (Wildman–Crippen LogP) is 3.77. The molecule has 1 fully saturated rings. The monoisotopic (exact) mass is 369 g/mol. The summed E-state index contributed by atoms with van der Waals surface area (Å²) in [4.78, 5) is 16.5. The SMILES string of the molecule is COc1ccc(Nc2ncc(C(C)NC(=O)CC3CCCCC3)nn2)cc1. The topological polar surface area (TPSA) is 89.0 Å². The minimum absolute atomic E-state index is 0.0802. The lowest BCUT2D eigenvalue weighted by Crippen LogP contribution is -2.29. The van der Waals surface area contributed by atoms with Gasteiger partial charge in [0.15, 0.2) is 0 Å². The zero-order valence-electron chi connectivity index (χ0n) is 15.9. The Labute approximate surface area is 159 Å². The molecule has 2 N–H and O–H groups in total. The van der Waals surface area contributed by atoms with Crippen molar-refractivity contribution in [2.45, 2.75) is 51.5 Å². The van der Waals surface area contributed by atoms with E-state index in [9.17, 15) is 4.79 Å². The number of nitrogens with zero attached hydrogens (tertiary/aromatic N) is 3. The van der Waals surface area contributed by atoms with Crippen molar-refractivity contribution in [3.63, 3.8) is 0 Å². The highest BCUT2D eigenvalue weighted by Crippen LogP contribution is 2.26. The summed E-state index contributed by atoms with van der Waals surface area (Å²) in [5.74, 6) is 1.79. The summed E-state index contributed by atoms with van der Waals surface area (Å²) in [6.45, 7) is 1.90. The fraction of sp³-hybridized carbons (Fsp3) is 0.500. The van der Waals surface area contributed by atoms with Crippen LogP contribution in [0.3, 0.4) is 0 Å². The second kappa shape index (κ2) is 9.30. The quantitative estimate of drug-likeness (QED) is 0.772. The lowest BCUT2D eigenvalue weighted by molar-refractivity contribution is -0.122. The maximum atomic E-state index is 12.3. The van der Waals surface area contributed by atoms with Crippen LogP contribution in [0.5, 0.6) is 5.75 Å². The number of carbonyl (C=O) groups excluding carboxylic acids is 1. The van der Waals surface area contributed by atoms with E-state index in [1.807, 2.05) is 31.2 Å². The molecule has 1 unspecified atom stereocenters. The molecule has 3 rings (SSSR count). The van der Waals surface area contributed by atoms with Crippen LogP contribution in [-0.2, 0) is 4.79 Å². The molecule has 2 aromatic rings. The van der Waals surface area contributed by atoms with Crippen LogP contribution >= 0.6 is 0 Å². The fourth-order valence-corrected chi connectivity index (χ4v) is 3.37. The van der Waals surface area contributed by atoms with E-state index in [4.69, 9.17) is 4.74 Å². The van der Waals surface area contributed by atoms with E-state index < -0.39 is 0 Å². The third-order valence-corrected chi connectivity index (χ3v) is 4.95. The van der Waals surface area contributed by atoms with Gasteiger partial charge in [0.25, 0.3) is 0 Å². The van der Waals surface area contributed by atoms with Gasteiger partial charge in [-0.1, -0.05) is 19.3 Å². The number of ether oxygens (including phenoxy) is 1. The molecular weight excluding hydrogens is 342 g/mol. The summed E-state index contributed by atoms with van der Waals surface area (Å²) in [6.07, 6.45) is 8.35. The fourth-order valence-electron chi connectivity index (χ4n) is 3.37. The van der Waals surface area contributed by atoms with Gasteiger partial charge in [-0.25, -0.2) is 4.98 Å². The third kappa shape index (κ3) is 5.64. The van der Waals surface area contributed by atoms with Crippen LogP contribution in [-0.4, -0.2) is 28.2 Å². The van der Waals surface area contributed by atoms with Crippen molar-refractivity contribution in [1.29, 1.82) is 0 Å². The molecule has 1 aromatic carbocycles. The van der Waals surface area contributed by atoms with Crippen LogP contribution in [0, 0.1) is 5.92 Å². The largest absolute Gasteiger partial charge is 0.497 e. The van der Waals surface area contributed by atoms with E-state index in [2.05, 4.69) is 25.8 Å². The maximum absolute atomic E-state index is 12.3.